The third kappa shape index (κ3) is 7.08. The Morgan fingerprint density at radius 1 is 1.05 bits per heavy atom. The van der Waals surface area contributed by atoms with E-state index in [2.05, 4.69) is 10.6 Å². The molecule has 1 unspecified atom stereocenters. The molecule has 0 spiro atoms. The quantitative estimate of drug-likeness (QED) is 0.590. The van der Waals surface area contributed by atoms with Gasteiger partial charge in [-0.3, -0.25) is 19.2 Å². The Morgan fingerprint density at radius 2 is 1.85 bits per heavy atom. The van der Waals surface area contributed by atoms with Gasteiger partial charge >= 0.3 is 0 Å². The zero-order valence-electron chi connectivity index (χ0n) is 22.8. The first-order chi connectivity index (χ1) is 19.3. The highest BCUT2D eigenvalue weighted by molar-refractivity contribution is 5.95. The summed E-state index contributed by atoms with van der Waals surface area (Å²) >= 11 is 0. The van der Waals surface area contributed by atoms with Crippen LogP contribution >= 0.6 is 0 Å². The molecule has 0 aliphatic carbocycles. The highest BCUT2D eigenvalue weighted by Gasteiger charge is 2.31. The van der Waals surface area contributed by atoms with E-state index in [1.807, 2.05) is 0 Å². The van der Waals surface area contributed by atoms with E-state index in [9.17, 15) is 23.6 Å². The van der Waals surface area contributed by atoms with Gasteiger partial charge in [0.05, 0.1) is 13.0 Å². The van der Waals surface area contributed by atoms with Crippen molar-refractivity contribution in [3.8, 4) is 17.2 Å². The highest BCUT2D eigenvalue weighted by atomic mass is 19.1. The molecule has 0 aromatic heterocycles. The van der Waals surface area contributed by atoms with Crippen LogP contribution in [0.4, 0.5) is 4.39 Å². The second-order valence-electron chi connectivity index (χ2n) is 10.0. The largest absolute Gasteiger partial charge is 0.493 e. The van der Waals surface area contributed by atoms with Crippen molar-refractivity contribution in [1.29, 1.82) is 0 Å². The number of halogens is 1. The third-order valence-corrected chi connectivity index (χ3v) is 7.19. The molecule has 3 aliphatic heterocycles. The molecular weight excluding hydrogens is 519 g/mol. The molecule has 214 valence electrons. The van der Waals surface area contributed by atoms with Crippen LogP contribution in [0.3, 0.4) is 0 Å². The lowest BCUT2D eigenvalue weighted by atomic mass is 9.96. The van der Waals surface area contributed by atoms with Gasteiger partial charge in [-0.05, 0) is 49.6 Å². The van der Waals surface area contributed by atoms with E-state index in [1.165, 1.54) is 25.3 Å². The molecule has 3 aliphatic rings. The van der Waals surface area contributed by atoms with Crippen molar-refractivity contribution in [2.75, 3.05) is 40.3 Å². The van der Waals surface area contributed by atoms with Crippen LogP contribution in [0.1, 0.15) is 48.0 Å². The van der Waals surface area contributed by atoms with Crippen molar-refractivity contribution < 1.29 is 33.0 Å². The number of hydrogen-bond donors (Lipinski definition) is 2. The minimum Gasteiger partial charge on any atom is -0.493 e. The van der Waals surface area contributed by atoms with Gasteiger partial charge in [-0.2, -0.15) is 0 Å². The average Bonchev–Trinajstić information content (AvgIpc) is 2.94. The van der Waals surface area contributed by atoms with E-state index in [1.54, 1.807) is 35.0 Å². The van der Waals surface area contributed by atoms with Crippen molar-refractivity contribution in [3.63, 3.8) is 0 Å². The summed E-state index contributed by atoms with van der Waals surface area (Å²) in [6.45, 7) is 1.34. The van der Waals surface area contributed by atoms with E-state index in [0.717, 1.165) is 0 Å². The Hall–Kier alpha value is -4.15. The van der Waals surface area contributed by atoms with E-state index >= 15 is 0 Å². The van der Waals surface area contributed by atoms with Crippen molar-refractivity contribution >= 4 is 23.6 Å². The summed E-state index contributed by atoms with van der Waals surface area (Å²) in [5, 5.41) is 5.61. The first-order valence-corrected chi connectivity index (χ1v) is 13.5. The molecule has 3 heterocycles. The number of rotatable bonds is 2. The van der Waals surface area contributed by atoms with Crippen molar-refractivity contribution in [1.82, 2.24) is 20.4 Å². The average molecular weight is 555 g/mol. The summed E-state index contributed by atoms with van der Waals surface area (Å²) < 4.78 is 26.1. The second-order valence-corrected chi connectivity index (χ2v) is 10.0. The number of carbonyl (C=O) groups is 4. The summed E-state index contributed by atoms with van der Waals surface area (Å²) in [6, 6.07) is 9.07. The summed E-state index contributed by atoms with van der Waals surface area (Å²) in [4.78, 5) is 54.0. The SMILES string of the molecule is COc1cc2ccc1Oc1cccc(F)c1CNC(=O)CCCN(C(=O)C1CCC(=O)N(C)C1)CCCNC2=O. The van der Waals surface area contributed by atoms with Crippen LogP contribution in [0.25, 0.3) is 0 Å². The molecule has 11 heteroatoms. The van der Waals surface area contributed by atoms with E-state index < -0.39 is 5.82 Å². The Morgan fingerprint density at radius 3 is 2.62 bits per heavy atom. The summed E-state index contributed by atoms with van der Waals surface area (Å²) in [7, 11) is 3.13. The summed E-state index contributed by atoms with van der Waals surface area (Å²) in [5.74, 6) is -0.689. The molecule has 2 aromatic carbocycles. The fourth-order valence-corrected chi connectivity index (χ4v) is 4.90. The van der Waals surface area contributed by atoms with Crippen molar-refractivity contribution in [3.05, 3.63) is 53.3 Å². The number of benzene rings is 2. The maximum Gasteiger partial charge on any atom is 0.251 e. The Kier molecular flexibility index (Phi) is 9.57. The number of likely N-dealkylation sites (tertiary alicyclic amines) is 1. The maximum absolute atomic E-state index is 14.7. The summed E-state index contributed by atoms with van der Waals surface area (Å²) in [6.07, 6.45) is 1.87. The zero-order valence-corrected chi connectivity index (χ0v) is 22.8. The molecule has 4 amide bonds. The number of hydrogen-bond acceptors (Lipinski definition) is 6. The summed E-state index contributed by atoms with van der Waals surface area (Å²) in [5.41, 5.74) is 0.530. The van der Waals surface area contributed by atoms with Gasteiger partial charge in [0.25, 0.3) is 5.91 Å². The minimum absolute atomic E-state index is 0.0204. The molecule has 2 bridgehead atoms. The molecule has 40 heavy (non-hydrogen) atoms. The monoisotopic (exact) mass is 554 g/mol. The number of piperidine rings is 1. The zero-order chi connectivity index (χ0) is 28.6. The van der Waals surface area contributed by atoms with Gasteiger partial charge in [0, 0.05) is 63.7 Å². The van der Waals surface area contributed by atoms with Crippen LogP contribution in [0.2, 0.25) is 0 Å². The second kappa shape index (κ2) is 13.3. The number of nitrogens with one attached hydrogen (secondary N) is 2. The number of ether oxygens (including phenoxy) is 2. The predicted molar refractivity (Wildman–Crippen MR) is 144 cm³/mol. The third-order valence-electron chi connectivity index (χ3n) is 7.19. The first-order valence-electron chi connectivity index (χ1n) is 13.5. The van der Waals surface area contributed by atoms with E-state index in [0.29, 0.717) is 63.2 Å². The van der Waals surface area contributed by atoms with Crippen LogP contribution in [-0.2, 0) is 20.9 Å². The van der Waals surface area contributed by atoms with E-state index in [4.69, 9.17) is 9.47 Å². The molecule has 5 rings (SSSR count). The van der Waals surface area contributed by atoms with Crippen LogP contribution in [0.5, 0.6) is 17.2 Å². The number of nitrogens with zero attached hydrogens (tertiary/aromatic N) is 2. The van der Waals surface area contributed by atoms with Crippen molar-refractivity contribution in [2.24, 2.45) is 5.92 Å². The number of fused-ring (bicyclic) bond motifs is 13. The van der Waals surface area contributed by atoms with Crippen LogP contribution in [-0.4, -0.2) is 73.8 Å². The number of amides is 4. The fraction of sp³-hybridized carbons (Fsp3) is 0.448. The first kappa shape index (κ1) is 28.8. The predicted octanol–water partition coefficient (Wildman–Crippen LogP) is 2.85. The fourth-order valence-electron chi connectivity index (χ4n) is 4.90. The van der Waals surface area contributed by atoms with Crippen LogP contribution in [0, 0.1) is 11.7 Å². The van der Waals surface area contributed by atoms with Gasteiger partial charge in [0.2, 0.25) is 17.7 Å². The van der Waals surface area contributed by atoms with Gasteiger partial charge in [0.15, 0.2) is 11.5 Å². The lowest BCUT2D eigenvalue weighted by Crippen LogP contribution is -2.46. The molecule has 1 atom stereocenters. The van der Waals surface area contributed by atoms with Gasteiger partial charge in [-0.1, -0.05) is 6.07 Å². The van der Waals surface area contributed by atoms with Crippen LogP contribution < -0.4 is 20.1 Å². The van der Waals surface area contributed by atoms with Gasteiger partial charge in [0.1, 0.15) is 11.6 Å². The number of methoxy groups -OCH3 is 1. The lowest BCUT2D eigenvalue weighted by molar-refractivity contribution is -0.142. The maximum atomic E-state index is 14.7. The molecule has 10 nitrogen and oxygen atoms in total. The molecule has 0 saturated carbocycles. The molecule has 1 saturated heterocycles. The molecule has 1 fully saturated rings. The van der Waals surface area contributed by atoms with E-state index in [-0.39, 0.29) is 59.6 Å². The molecular formula is C29H35FN4O6. The Labute approximate surface area is 232 Å². The molecule has 2 N–H and O–H groups in total. The van der Waals surface area contributed by atoms with Gasteiger partial charge in [-0.25, -0.2) is 4.39 Å². The number of carbonyl (C=O) groups excluding carboxylic acids is 4. The Balaban J connectivity index is 1.55. The topological polar surface area (TPSA) is 117 Å². The normalized spacial score (nSPS) is 19.4. The smallest absolute Gasteiger partial charge is 0.251 e. The van der Waals surface area contributed by atoms with Crippen LogP contribution in [0.15, 0.2) is 36.4 Å². The Bertz CT molecular complexity index is 1270. The lowest BCUT2D eigenvalue weighted by Gasteiger charge is -2.33. The standard InChI is InChI=1S/C29H35FN4O6/c1-33-18-20(10-12-27(33)36)29(38)34-14-4-8-26(35)32-17-21-22(30)6-3-7-23(21)40-24-11-9-19(16-25(24)39-2)28(37)31-13-5-15-34/h3,6-7,9,11,16,20H,4-5,8,10,12-15,17-18H2,1-2H3,(H,31,37)(H,32,35). The van der Waals surface area contributed by atoms with Crippen molar-refractivity contribution in [2.45, 2.75) is 38.6 Å². The molecule has 0 radical (unpaired) electrons. The molecule has 2 aromatic rings. The minimum atomic E-state index is -0.536. The van der Waals surface area contributed by atoms with Gasteiger partial charge < -0.3 is 29.9 Å². The highest BCUT2D eigenvalue weighted by Crippen LogP contribution is 2.34. The van der Waals surface area contributed by atoms with Gasteiger partial charge in [-0.15, -0.1) is 0 Å².